The van der Waals surface area contributed by atoms with Gasteiger partial charge in [-0.2, -0.15) is 0 Å². The number of carbonyl (C=O) groups is 1. The van der Waals surface area contributed by atoms with Crippen LogP contribution in [0.15, 0.2) is 5.38 Å². The number of hydrogen-bond donors (Lipinski definition) is 1. The summed E-state index contributed by atoms with van der Waals surface area (Å²) in [6, 6.07) is -0.635. The molecule has 2 heterocycles. The second kappa shape index (κ2) is 5.37. The zero-order valence-electron chi connectivity index (χ0n) is 11.9. The number of carbonyl (C=O) groups excluding carboxylic acids is 1. The van der Waals surface area contributed by atoms with Crippen molar-refractivity contribution in [3.05, 3.63) is 21.4 Å². The van der Waals surface area contributed by atoms with Crippen LogP contribution in [0.1, 0.15) is 33.6 Å². The fourth-order valence-electron chi connectivity index (χ4n) is 3.19. The maximum absolute atomic E-state index is 12.7. The zero-order chi connectivity index (χ0) is 15.2. The van der Waals surface area contributed by atoms with E-state index in [9.17, 15) is 18.3 Å². The van der Waals surface area contributed by atoms with Crippen LogP contribution in [0, 0.1) is 0 Å². The standard InChI is InChI=1S/C14H19NO4S2/c1-15(11-7-21(18,19)8-12(11)16)14(17)13-10-5-3-2-4-9(10)6-20-13/h6,11-12,16H,2-5,7-8H2,1H3/t11-,12-/m1/s1. The number of fused-ring (bicyclic) bond motifs is 1. The van der Waals surface area contributed by atoms with Gasteiger partial charge in [-0.3, -0.25) is 4.79 Å². The van der Waals surface area contributed by atoms with Gasteiger partial charge in [0.1, 0.15) is 0 Å². The first-order valence-corrected chi connectivity index (χ1v) is 9.84. The first-order valence-electron chi connectivity index (χ1n) is 7.14. The summed E-state index contributed by atoms with van der Waals surface area (Å²) in [4.78, 5) is 14.8. The summed E-state index contributed by atoms with van der Waals surface area (Å²) >= 11 is 1.44. The van der Waals surface area contributed by atoms with Crippen molar-refractivity contribution >= 4 is 27.1 Å². The van der Waals surface area contributed by atoms with Gasteiger partial charge in [0.25, 0.3) is 5.91 Å². The van der Waals surface area contributed by atoms with Gasteiger partial charge in [0.05, 0.1) is 28.5 Å². The van der Waals surface area contributed by atoms with Gasteiger partial charge >= 0.3 is 0 Å². The highest BCUT2D eigenvalue weighted by molar-refractivity contribution is 7.91. The molecule has 1 fully saturated rings. The van der Waals surface area contributed by atoms with Crippen molar-refractivity contribution in [3.63, 3.8) is 0 Å². The van der Waals surface area contributed by atoms with E-state index in [0.717, 1.165) is 31.2 Å². The number of thiophene rings is 1. The Bertz CT molecular complexity index is 665. The number of aliphatic hydroxyl groups excluding tert-OH is 1. The monoisotopic (exact) mass is 329 g/mol. The largest absolute Gasteiger partial charge is 0.390 e. The summed E-state index contributed by atoms with van der Waals surface area (Å²) in [5.41, 5.74) is 2.38. The SMILES string of the molecule is CN(C(=O)c1scc2c1CCCC2)[C@@H]1CS(=O)(=O)C[C@H]1O. The van der Waals surface area contributed by atoms with E-state index < -0.39 is 22.0 Å². The molecule has 116 valence electrons. The predicted octanol–water partition coefficient (Wildman–Crippen LogP) is 0.857. The van der Waals surface area contributed by atoms with Gasteiger partial charge in [-0.15, -0.1) is 11.3 Å². The average Bonchev–Trinajstić information content (AvgIpc) is 2.97. The maximum atomic E-state index is 12.7. The minimum Gasteiger partial charge on any atom is -0.390 e. The van der Waals surface area contributed by atoms with Gasteiger partial charge in [0, 0.05) is 7.05 Å². The molecule has 0 spiro atoms. The molecule has 0 bridgehead atoms. The Hall–Kier alpha value is -0.920. The number of aryl methyl sites for hydroxylation is 1. The summed E-state index contributed by atoms with van der Waals surface area (Å²) in [6.07, 6.45) is 3.20. The Morgan fingerprint density at radius 3 is 2.71 bits per heavy atom. The molecule has 0 aromatic carbocycles. The van der Waals surface area contributed by atoms with Crippen LogP contribution in [0.4, 0.5) is 0 Å². The molecule has 1 aromatic rings. The van der Waals surface area contributed by atoms with Gasteiger partial charge in [-0.05, 0) is 42.2 Å². The number of sulfone groups is 1. The van der Waals surface area contributed by atoms with Gasteiger partial charge in [0.2, 0.25) is 0 Å². The van der Waals surface area contributed by atoms with Gasteiger partial charge in [0.15, 0.2) is 9.84 Å². The van der Waals surface area contributed by atoms with Gasteiger partial charge in [-0.1, -0.05) is 0 Å². The smallest absolute Gasteiger partial charge is 0.264 e. The molecule has 0 unspecified atom stereocenters. The highest BCUT2D eigenvalue weighted by Gasteiger charge is 2.41. The molecular formula is C14H19NO4S2. The summed E-state index contributed by atoms with van der Waals surface area (Å²) in [7, 11) is -1.66. The van der Waals surface area contributed by atoms with E-state index in [0.29, 0.717) is 4.88 Å². The molecule has 3 rings (SSSR count). The first-order chi connectivity index (χ1) is 9.89. The number of rotatable bonds is 2. The van der Waals surface area contributed by atoms with E-state index in [1.54, 1.807) is 7.05 Å². The molecule has 7 heteroatoms. The summed E-state index contributed by atoms with van der Waals surface area (Å²) in [6.45, 7) is 0. The van der Waals surface area contributed by atoms with E-state index >= 15 is 0 Å². The minimum atomic E-state index is -3.25. The maximum Gasteiger partial charge on any atom is 0.264 e. The molecule has 0 radical (unpaired) electrons. The molecule has 2 atom stereocenters. The van der Waals surface area contributed by atoms with Crippen molar-refractivity contribution in [2.45, 2.75) is 37.8 Å². The normalized spacial score (nSPS) is 27.3. The minimum absolute atomic E-state index is 0.149. The topological polar surface area (TPSA) is 74.7 Å². The second-order valence-electron chi connectivity index (χ2n) is 5.90. The lowest BCUT2D eigenvalue weighted by Gasteiger charge is -2.26. The lowest BCUT2D eigenvalue weighted by Crippen LogP contribution is -2.44. The molecule has 2 aliphatic rings. The highest BCUT2D eigenvalue weighted by Crippen LogP contribution is 2.31. The Labute approximate surface area is 128 Å². The molecule has 1 saturated heterocycles. The van der Waals surface area contributed by atoms with E-state index in [-0.39, 0.29) is 17.4 Å². The molecule has 5 nitrogen and oxygen atoms in total. The van der Waals surface area contributed by atoms with Crippen LogP contribution in [0.3, 0.4) is 0 Å². The lowest BCUT2D eigenvalue weighted by atomic mass is 9.93. The van der Waals surface area contributed by atoms with E-state index in [1.807, 2.05) is 5.38 Å². The van der Waals surface area contributed by atoms with Crippen LogP contribution < -0.4 is 0 Å². The number of aliphatic hydroxyl groups is 1. The van der Waals surface area contributed by atoms with E-state index in [1.165, 1.54) is 21.8 Å². The molecule has 1 aliphatic heterocycles. The fourth-order valence-corrected chi connectivity index (χ4v) is 6.18. The predicted molar refractivity (Wildman–Crippen MR) is 81.5 cm³/mol. The van der Waals surface area contributed by atoms with Crippen molar-refractivity contribution in [2.75, 3.05) is 18.6 Å². The van der Waals surface area contributed by atoms with Crippen molar-refractivity contribution < 1.29 is 18.3 Å². The molecule has 1 amide bonds. The van der Waals surface area contributed by atoms with Gasteiger partial charge < -0.3 is 10.0 Å². The Balaban J connectivity index is 1.84. The van der Waals surface area contributed by atoms with Crippen molar-refractivity contribution in [3.8, 4) is 0 Å². The van der Waals surface area contributed by atoms with Crippen LogP contribution in [-0.4, -0.2) is 55.0 Å². The van der Waals surface area contributed by atoms with Crippen LogP contribution in [-0.2, 0) is 22.7 Å². The third kappa shape index (κ3) is 2.74. The zero-order valence-corrected chi connectivity index (χ0v) is 13.5. The quantitative estimate of drug-likeness (QED) is 0.873. The molecule has 1 N–H and O–H groups in total. The number of nitrogens with zero attached hydrogens (tertiary/aromatic N) is 1. The van der Waals surface area contributed by atoms with Crippen molar-refractivity contribution in [1.29, 1.82) is 0 Å². The Morgan fingerprint density at radius 2 is 2.05 bits per heavy atom. The van der Waals surface area contributed by atoms with Crippen LogP contribution in [0.5, 0.6) is 0 Å². The van der Waals surface area contributed by atoms with Crippen LogP contribution in [0.25, 0.3) is 0 Å². The number of amides is 1. The number of hydrogen-bond acceptors (Lipinski definition) is 5. The summed E-state index contributed by atoms with van der Waals surface area (Å²) < 4.78 is 23.2. The first kappa shape index (κ1) is 15.0. The Kier molecular flexibility index (Phi) is 3.83. The second-order valence-corrected chi connectivity index (χ2v) is 8.94. The third-order valence-corrected chi connectivity index (χ3v) is 7.17. The van der Waals surface area contributed by atoms with Crippen LogP contribution >= 0.6 is 11.3 Å². The molecule has 0 saturated carbocycles. The molecule has 1 aromatic heterocycles. The van der Waals surface area contributed by atoms with Gasteiger partial charge in [-0.25, -0.2) is 8.42 Å². The average molecular weight is 329 g/mol. The highest BCUT2D eigenvalue weighted by atomic mass is 32.2. The van der Waals surface area contributed by atoms with E-state index in [4.69, 9.17) is 0 Å². The van der Waals surface area contributed by atoms with E-state index in [2.05, 4.69) is 0 Å². The summed E-state index contributed by atoms with van der Waals surface area (Å²) in [5.74, 6) is -0.564. The third-order valence-electron chi connectivity index (χ3n) is 4.41. The van der Waals surface area contributed by atoms with Crippen molar-refractivity contribution in [2.24, 2.45) is 0 Å². The fraction of sp³-hybridized carbons (Fsp3) is 0.643. The van der Waals surface area contributed by atoms with Crippen molar-refractivity contribution in [1.82, 2.24) is 4.90 Å². The molecular weight excluding hydrogens is 310 g/mol. The van der Waals surface area contributed by atoms with Crippen LogP contribution in [0.2, 0.25) is 0 Å². The Morgan fingerprint density at radius 1 is 1.33 bits per heavy atom. The lowest BCUT2D eigenvalue weighted by molar-refractivity contribution is 0.0584. The number of likely N-dealkylation sites (N-methyl/N-ethyl adjacent to an activating group) is 1. The molecule has 21 heavy (non-hydrogen) atoms. The molecule has 1 aliphatic carbocycles. The summed E-state index contributed by atoms with van der Waals surface area (Å²) in [5, 5.41) is 11.9.